The van der Waals surface area contributed by atoms with Gasteiger partial charge in [0.25, 0.3) is 10.1 Å². The minimum Gasteiger partial charge on any atom is -0.494 e. The molecule has 2 aromatic heterocycles. The summed E-state index contributed by atoms with van der Waals surface area (Å²) in [5.74, 6) is -0.139. The molecule has 0 radical (unpaired) electrons. The molecule has 0 bridgehead atoms. The largest absolute Gasteiger partial charge is 0.494 e. The van der Waals surface area contributed by atoms with E-state index in [1.165, 1.54) is 23.8 Å². The van der Waals surface area contributed by atoms with Gasteiger partial charge in [0.15, 0.2) is 23.0 Å². The number of hydrogen-bond acceptors (Lipinski definition) is 8. The van der Waals surface area contributed by atoms with Crippen LogP contribution in [0.3, 0.4) is 0 Å². The lowest BCUT2D eigenvalue weighted by Gasteiger charge is -2.11. The summed E-state index contributed by atoms with van der Waals surface area (Å²) in [6, 6.07) is 11.7. The van der Waals surface area contributed by atoms with Crippen molar-refractivity contribution in [1.82, 2.24) is 19.6 Å². The maximum Gasteiger partial charge on any atom is 0.416 e. The van der Waals surface area contributed by atoms with Crippen LogP contribution in [0, 0.1) is 19.7 Å². The fraction of sp³-hybridized carbons (Fsp3) is 0.250. The Morgan fingerprint density at radius 3 is 2.38 bits per heavy atom. The maximum absolute atomic E-state index is 14.6. The third-order valence-corrected chi connectivity index (χ3v) is 7.97. The summed E-state index contributed by atoms with van der Waals surface area (Å²) in [7, 11) is -3.00. The van der Waals surface area contributed by atoms with Crippen LogP contribution in [0.2, 0.25) is 0 Å². The van der Waals surface area contributed by atoms with Crippen molar-refractivity contribution in [1.29, 1.82) is 0 Å². The van der Waals surface area contributed by atoms with E-state index in [-0.39, 0.29) is 30.2 Å². The van der Waals surface area contributed by atoms with E-state index in [0.29, 0.717) is 35.5 Å². The molecule has 0 aliphatic heterocycles. The van der Waals surface area contributed by atoms with Crippen molar-refractivity contribution in [3.63, 3.8) is 0 Å². The van der Waals surface area contributed by atoms with Crippen LogP contribution in [0.1, 0.15) is 28.1 Å². The third kappa shape index (κ3) is 5.99. The van der Waals surface area contributed by atoms with Gasteiger partial charge in [-0.15, -0.1) is 5.10 Å². The van der Waals surface area contributed by atoms with Gasteiger partial charge in [-0.1, -0.05) is 18.2 Å². The van der Waals surface area contributed by atoms with E-state index in [9.17, 15) is 26.0 Å². The Balaban J connectivity index is 1.41. The number of alkyl halides is 3. The standard InChI is InChI=1S/C28H25F4N5O4S/c1-16-4-5-18(12-17(16)2)15-33-27-34-23-14-24(40-3)22(29)13-21(23)26-35-25(36-37(26)27)10-11-41-42(38,39)20-8-6-19(7-9-20)28(30,31)32/h4-9,12-14H,10-11,15H2,1-3H3,(H,33,34). The van der Waals surface area contributed by atoms with E-state index in [4.69, 9.17) is 8.92 Å². The summed E-state index contributed by atoms with van der Waals surface area (Å²) in [6.07, 6.45) is -4.67. The zero-order valence-corrected chi connectivity index (χ0v) is 23.5. The average molecular weight is 604 g/mol. The first-order chi connectivity index (χ1) is 19.9. The average Bonchev–Trinajstić information content (AvgIpc) is 3.37. The molecule has 220 valence electrons. The Morgan fingerprint density at radius 1 is 0.976 bits per heavy atom. The lowest BCUT2D eigenvalue weighted by molar-refractivity contribution is -0.137. The summed E-state index contributed by atoms with van der Waals surface area (Å²) in [5.41, 5.74) is 2.95. The van der Waals surface area contributed by atoms with Gasteiger partial charge in [-0.05, 0) is 60.9 Å². The first-order valence-electron chi connectivity index (χ1n) is 12.7. The van der Waals surface area contributed by atoms with Crippen molar-refractivity contribution in [3.05, 3.63) is 88.5 Å². The van der Waals surface area contributed by atoms with Gasteiger partial charge in [0, 0.05) is 24.4 Å². The van der Waals surface area contributed by atoms with E-state index in [1.807, 2.05) is 32.0 Å². The summed E-state index contributed by atoms with van der Waals surface area (Å²) in [5, 5.41) is 8.02. The number of hydrogen-bond donors (Lipinski definition) is 1. The Bertz CT molecular complexity index is 1890. The predicted octanol–water partition coefficient (Wildman–Crippen LogP) is 5.62. The van der Waals surface area contributed by atoms with Crippen LogP contribution in [-0.2, 0) is 33.4 Å². The number of halogens is 4. The van der Waals surface area contributed by atoms with Crippen molar-refractivity contribution in [2.45, 2.75) is 37.9 Å². The molecule has 5 rings (SSSR count). The topological polar surface area (TPSA) is 108 Å². The minimum atomic E-state index is -4.60. The first kappa shape index (κ1) is 29.2. The van der Waals surface area contributed by atoms with Gasteiger partial charge in [-0.25, -0.2) is 14.4 Å². The molecule has 0 aliphatic rings. The van der Waals surface area contributed by atoms with Crippen LogP contribution in [0.15, 0.2) is 59.5 Å². The van der Waals surface area contributed by atoms with Gasteiger partial charge in [0.05, 0.1) is 29.7 Å². The zero-order valence-electron chi connectivity index (χ0n) is 22.7. The molecule has 3 aromatic carbocycles. The highest BCUT2D eigenvalue weighted by Gasteiger charge is 2.30. The lowest BCUT2D eigenvalue weighted by atomic mass is 10.1. The molecule has 2 heterocycles. The van der Waals surface area contributed by atoms with Crippen LogP contribution in [-0.4, -0.2) is 41.7 Å². The fourth-order valence-electron chi connectivity index (χ4n) is 4.25. The molecular formula is C28H25F4N5O4S. The molecule has 0 unspecified atom stereocenters. The van der Waals surface area contributed by atoms with E-state index in [2.05, 4.69) is 20.4 Å². The molecule has 9 nitrogen and oxygen atoms in total. The summed E-state index contributed by atoms with van der Waals surface area (Å²) < 4.78 is 89.6. The highest BCUT2D eigenvalue weighted by atomic mass is 32.2. The number of nitrogens with one attached hydrogen (secondary N) is 1. The number of fused-ring (bicyclic) bond motifs is 3. The van der Waals surface area contributed by atoms with Crippen molar-refractivity contribution >= 4 is 32.6 Å². The number of aromatic nitrogens is 4. The van der Waals surface area contributed by atoms with Gasteiger partial charge in [0.1, 0.15) is 0 Å². The fourth-order valence-corrected chi connectivity index (χ4v) is 5.15. The minimum absolute atomic E-state index is 0.000992. The maximum atomic E-state index is 14.6. The molecule has 0 saturated carbocycles. The van der Waals surface area contributed by atoms with Crippen molar-refractivity contribution in [2.24, 2.45) is 0 Å². The lowest BCUT2D eigenvalue weighted by Crippen LogP contribution is -2.11. The van der Waals surface area contributed by atoms with Crippen molar-refractivity contribution in [3.8, 4) is 5.75 Å². The quantitative estimate of drug-likeness (QED) is 0.171. The summed E-state index contributed by atoms with van der Waals surface area (Å²) in [4.78, 5) is 8.65. The Morgan fingerprint density at radius 2 is 1.71 bits per heavy atom. The second-order valence-electron chi connectivity index (χ2n) is 9.52. The second-order valence-corrected chi connectivity index (χ2v) is 11.1. The molecule has 1 N–H and O–H groups in total. The smallest absolute Gasteiger partial charge is 0.416 e. The van der Waals surface area contributed by atoms with Gasteiger partial charge in [-0.3, -0.25) is 4.18 Å². The number of nitrogens with zero attached hydrogens (tertiary/aromatic N) is 4. The Kier molecular flexibility index (Phi) is 7.77. The van der Waals surface area contributed by atoms with Gasteiger partial charge < -0.3 is 10.1 Å². The number of benzene rings is 3. The number of aryl methyl sites for hydroxylation is 2. The van der Waals surface area contributed by atoms with E-state index >= 15 is 0 Å². The third-order valence-electron chi connectivity index (χ3n) is 6.65. The first-order valence-corrected chi connectivity index (χ1v) is 14.1. The molecule has 14 heteroatoms. The summed E-state index contributed by atoms with van der Waals surface area (Å²) in [6.45, 7) is 4.04. The number of methoxy groups -OCH3 is 1. The van der Waals surface area contributed by atoms with Gasteiger partial charge in [0.2, 0.25) is 5.95 Å². The van der Waals surface area contributed by atoms with Gasteiger partial charge in [-0.2, -0.15) is 26.1 Å². The molecule has 0 amide bonds. The summed E-state index contributed by atoms with van der Waals surface area (Å²) >= 11 is 0. The van der Waals surface area contributed by atoms with Crippen LogP contribution in [0.5, 0.6) is 5.75 Å². The zero-order chi connectivity index (χ0) is 30.2. The number of ether oxygens (including phenoxy) is 1. The number of rotatable bonds is 9. The molecule has 0 saturated heterocycles. The molecule has 42 heavy (non-hydrogen) atoms. The molecule has 0 spiro atoms. The van der Waals surface area contributed by atoms with Crippen molar-refractivity contribution < 1.29 is 34.9 Å². The van der Waals surface area contributed by atoms with Crippen LogP contribution in [0.25, 0.3) is 16.6 Å². The molecule has 0 atom stereocenters. The normalized spacial score (nSPS) is 12.3. The van der Waals surface area contributed by atoms with E-state index in [1.54, 1.807) is 0 Å². The molecule has 0 aliphatic carbocycles. The van der Waals surface area contributed by atoms with Gasteiger partial charge >= 0.3 is 6.18 Å². The monoisotopic (exact) mass is 603 g/mol. The molecule has 5 aromatic rings. The molecule has 0 fully saturated rings. The molecular weight excluding hydrogens is 578 g/mol. The van der Waals surface area contributed by atoms with E-state index < -0.39 is 32.6 Å². The SMILES string of the molecule is COc1cc2nc(NCc3ccc(C)c(C)c3)n3nc(CCOS(=O)(=O)c4ccc(C(F)(F)F)cc4)nc3c2cc1F. The Labute approximate surface area is 238 Å². The predicted molar refractivity (Wildman–Crippen MR) is 146 cm³/mol. The number of anilines is 1. The van der Waals surface area contributed by atoms with E-state index in [0.717, 1.165) is 28.8 Å². The van der Waals surface area contributed by atoms with Crippen LogP contribution in [0.4, 0.5) is 23.5 Å². The van der Waals surface area contributed by atoms with Crippen LogP contribution >= 0.6 is 0 Å². The van der Waals surface area contributed by atoms with Crippen molar-refractivity contribution in [2.75, 3.05) is 19.0 Å². The second kappa shape index (κ2) is 11.2. The highest BCUT2D eigenvalue weighted by Crippen LogP contribution is 2.30. The Hall–Kier alpha value is -4.30. The highest BCUT2D eigenvalue weighted by molar-refractivity contribution is 7.86. The van der Waals surface area contributed by atoms with Crippen LogP contribution < -0.4 is 10.1 Å².